The number of halogens is 1. The Labute approximate surface area is 191 Å². The van der Waals surface area contributed by atoms with Crippen LogP contribution in [0.1, 0.15) is 44.2 Å². The van der Waals surface area contributed by atoms with Gasteiger partial charge in [-0.2, -0.15) is 5.10 Å². The van der Waals surface area contributed by atoms with Gasteiger partial charge in [0.05, 0.1) is 17.3 Å². The van der Waals surface area contributed by atoms with Gasteiger partial charge in [0.25, 0.3) is 0 Å². The molecule has 1 atom stereocenters. The normalized spacial score (nSPS) is 12.1. The smallest absolute Gasteiger partial charge is 0.175 e. The van der Waals surface area contributed by atoms with Crippen LogP contribution in [0.3, 0.4) is 0 Å². The second kappa shape index (κ2) is 11.5. The summed E-state index contributed by atoms with van der Waals surface area (Å²) in [6, 6.07) is 12.1. The van der Waals surface area contributed by atoms with Crippen LogP contribution in [0.25, 0.3) is 0 Å². The molecule has 1 heterocycles. The lowest BCUT2D eigenvalue weighted by atomic mass is 9.99. The van der Waals surface area contributed by atoms with E-state index in [0.29, 0.717) is 37.2 Å². The third-order valence-electron chi connectivity index (χ3n) is 4.74. The molecule has 8 heteroatoms. The summed E-state index contributed by atoms with van der Waals surface area (Å²) in [5.74, 6) is 2.66. The first kappa shape index (κ1) is 22.8. The number of hydrogen-bond donors (Lipinski definition) is 0. The summed E-state index contributed by atoms with van der Waals surface area (Å²) in [6.45, 7) is 7.69. The molecule has 0 aliphatic rings. The summed E-state index contributed by atoms with van der Waals surface area (Å²) in [7, 11) is 0. The fourth-order valence-corrected chi connectivity index (χ4v) is 3.46. The van der Waals surface area contributed by atoms with Gasteiger partial charge in [0, 0.05) is 0 Å². The minimum Gasteiger partial charge on any atom is -0.490 e. The van der Waals surface area contributed by atoms with Crippen molar-refractivity contribution in [2.45, 2.75) is 33.1 Å². The molecule has 0 spiro atoms. The van der Waals surface area contributed by atoms with Crippen molar-refractivity contribution in [2.24, 2.45) is 5.10 Å². The minimum atomic E-state index is 0.389. The maximum atomic E-state index is 5.96. The average Bonchev–Trinajstić information content (AvgIpc) is 3.30. The van der Waals surface area contributed by atoms with Crippen LogP contribution in [0.2, 0.25) is 0 Å². The number of nitrogens with zero attached hydrogens (tertiary/aromatic N) is 4. The van der Waals surface area contributed by atoms with Crippen molar-refractivity contribution in [3.8, 4) is 17.2 Å². The number of ether oxygens (including phenoxy) is 3. The Hall–Kier alpha value is -2.87. The van der Waals surface area contributed by atoms with E-state index >= 15 is 0 Å². The molecule has 0 N–H and O–H groups in total. The largest absolute Gasteiger partial charge is 0.490 e. The molecule has 0 aliphatic heterocycles. The Morgan fingerprint density at radius 3 is 2.42 bits per heavy atom. The molecule has 0 radical (unpaired) electrons. The van der Waals surface area contributed by atoms with E-state index in [2.05, 4.69) is 57.2 Å². The van der Waals surface area contributed by atoms with Crippen LogP contribution in [0.4, 0.5) is 0 Å². The first-order valence-corrected chi connectivity index (χ1v) is 11.1. The van der Waals surface area contributed by atoms with Crippen molar-refractivity contribution >= 4 is 22.1 Å². The third kappa shape index (κ3) is 6.55. The van der Waals surface area contributed by atoms with E-state index in [9.17, 15) is 0 Å². The zero-order chi connectivity index (χ0) is 22.1. The van der Waals surface area contributed by atoms with E-state index in [1.165, 1.54) is 22.9 Å². The minimum absolute atomic E-state index is 0.389. The van der Waals surface area contributed by atoms with Gasteiger partial charge in [-0.1, -0.05) is 26.0 Å². The molecule has 0 fully saturated rings. The molecule has 0 saturated heterocycles. The molecule has 0 aliphatic carbocycles. The van der Waals surface area contributed by atoms with Crippen LogP contribution >= 0.6 is 15.9 Å². The maximum Gasteiger partial charge on any atom is 0.175 e. The number of benzene rings is 2. The molecule has 1 aromatic heterocycles. The van der Waals surface area contributed by atoms with E-state index in [-0.39, 0.29) is 0 Å². The van der Waals surface area contributed by atoms with Gasteiger partial charge >= 0.3 is 0 Å². The quantitative estimate of drug-likeness (QED) is 0.272. The summed E-state index contributed by atoms with van der Waals surface area (Å²) < 4.78 is 19.8. The Balaban J connectivity index is 1.60. The second-order valence-corrected chi connectivity index (χ2v) is 7.78. The van der Waals surface area contributed by atoms with Gasteiger partial charge in [0.15, 0.2) is 11.5 Å². The summed E-state index contributed by atoms with van der Waals surface area (Å²) in [5.41, 5.74) is 2.18. The molecular formula is C23H27BrN4O3. The van der Waals surface area contributed by atoms with E-state index < -0.39 is 0 Å². The van der Waals surface area contributed by atoms with Gasteiger partial charge < -0.3 is 14.2 Å². The Morgan fingerprint density at radius 2 is 1.74 bits per heavy atom. The second-order valence-electron chi connectivity index (χ2n) is 6.92. The number of rotatable bonds is 11. The zero-order valence-electron chi connectivity index (χ0n) is 18.0. The van der Waals surface area contributed by atoms with Crippen LogP contribution in [0.15, 0.2) is 58.6 Å². The average molecular weight is 487 g/mol. The monoisotopic (exact) mass is 486 g/mol. The lowest BCUT2D eigenvalue weighted by Crippen LogP contribution is -2.10. The first-order chi connectivity index (χ1) is 15.1. The van der Waals surface area contributed by atoms with E-state index in [4.69, 9.17) is 14.2 Å². The van der Waals surface area contributed by atoms with Crippen molar-refractivity contribution in [2.75, 3.05) is 19.8 Å². The van der Waals surface area contributed by atoms with Gasteiger partial charge in [-0.15, -0.1) is 10.2 Å². The first-order valence-electron chi connectivity index (χ1n) is 10.3. The topological polar surface area (TPSA) is 70.8 Å². The maximum absolute atomic E-state index is 5.96. The molecule has 164 valence electrons. The summed E-state index contributed by atoms with van der Waals surface area (Å²) in [5, 5.41) is 11.7. The van der Waals surface area contributed by atoms with Gasteiger partial charge in [-0.25, -0.2) is 4.68 Å². The standard InChI is InChI=1S/C23H27BrN4O3/c1-4-17(3)19-6-8-20(9-7-19)30-10-11-31-23-21(24)12-18(13-22(23)29-5-2)14-27-28-15-25-26-16-28/h6-9,12-17H,4-5,10-11H2,1-3H3/b27-14-/t17-/m0/s1. The highest BCUT2D eigenvalue weighted by Crippen LogP contribution is 2.36. The highest BCUT2D eigenvalue weighted by atomic mass is 79.9. The van der Waals surface area contributed by atoms with Crippen LogP contribution in [-0.4, -0.2) is 40.9 Å². The van der Waals surface area contributed by atoms with Crippen LogP contribution < -0.4 is 14.2 Å². The van der Waals surface area contributed by atoms with Crippen molar-refractivity contribution in [1.82, 2.24) is 14.9 Å². The molecule has 0 saturated carbocycles. The van der Waals surface area contributed by atoms with Gasteiger partial charge in [-0.05, 0) is 70.6 Å². The van der Waals surface area contributed by atoms with E-state index in [1.807, 2.05) is 31.2 Å². The highest BCUT2D eigenvalue weighted by molar-refractivity contribution is 9.10. The lowest BCUT2D eigenvalue weighted by Gasteiger charge is -2.15. The van der Waals surface area contributed by atoms with Crippen molar-refractivity contribution in [3.63, 3.8) is 0 Å². The fourth-order valence-electron chi connectivity index (χ4n) is 2.89. The Kier molecular flexibility index (Phi) is 8.46. The Morgan fingerprint density at radius 1 is 1.03 bits per heavy atom. The fraction of sp³-hybridized carbons (Fsp3) is 0.348. The molecule has 7 nitrogen and oxygen atoms in total. The summed E-state index contributed by atoms with van der Waals surface area (Å²) >= 11 is 3.57. The van der Waals surface area contributed by atoms with Crippen molar-refractivity contribution in [1.29, 1.82) is 0 Å². The Bertz CT molecular complexity index is 975. The predicted octanol–water partition coefficient (Wildman–Crippen LogP) is 5.29. The van der Waals surface area contributed by atoms with Crippen molar-refractivity contribution in [3.05, 3.63) is 64.7 Å². The van der Waals surface area contributed by atoms with Crippen LogP contribution in [-0.2, 0) is 0 Å². The SMILES string of the molecule is CCOc1cc(/C=N\n2cnnc2)cc(Br)c1OCCOc1ccc([C@@H](C)CC)cc1. The number of aromatic nitrogens is 3. The molecular weight excluding hydrogens is 460 g/mol. The summed E-state index contributed by atoms with van der Waals surface area (Å²) in [6.07, 6.45) is 5.86. The van der Waals surface area contributed by atoms with Gasteiger partial charge in [0.1, 0.15) is 31.6 Å². The summed E-state index contributed by atoms with van der Waals surface area (Å²) in [4.78, 5) is 0. The molecule has 3 rings (SSSR count). The zero-order valence-corrected chi connectivity index (χ0v) is 19.6. The molecule has 3 aromatic rings. The van der Waals surface area contributed by atoms with Gasteiger partial charge in [-0.3, -0.25) is 0 Å². The molecule has 2 aromatic carbocycles. The van der Waals surface area contributed by atoms with E-state index in [0.717, 1.165) is 22.2 Å². The molecule has 0 unspecified atom stereocenters. The van der Waals surface area contributed by atoms with Crippen LogP contribution in [0, 0.1) is 0 Å². The third-order valence-corrected chi connectivity index (χ3v) is 5.33. The molecule has 0 amide bonds. The predicted molar refractivity (Wildman–Crippen MR) is 124 cm³/mol. The van der Waals surface area contributed by atoms with Gasteiger partial charge in [0.2, 0.25) is 0 Å². The number of hydrogen-bond acceptors (Lipinski definition) is 6. The van der Waals surface area contributed by atoms with Crippen molar-refractivity contribution < 1.29 is 14.2 Å². The molecule has 31 heavy (non-hydrogen) atoms. The van der Waals surface area contributed by atoms with E-state index in [1.54, 1.807) is 6.21 Å². The highest BCUT2D eigenvalue weighted by Gasteiger charge is 2.12. The lowest BCUT2D eigenvalue weighted by molar-refractivity contribution is 0.207. The molecule has 0 bridgehead atoms. The van der Waals surface area contributed by atoms with Crippen LogP contribution in [0.5, 0.6) is 17.2 Å².